The first-order chi connectivity index (χ1) is 9.69. The van der Waals surface area contributed by atoms with Gasteiger partial charge in [-0.05, 0) is 12.1 Å². The van der Waals surface area contributed by atoms with Crippen molar-refractivity contribution in [2.24, 2.45) is 0 Å². The number of carbonyl (C=O) groups is 1. The molecule has 0 atom stereocenters. The molecule has 1 aromatic carbocycles. The highest BCUT2D eigenvalue weighted by molar-refractivity contribution is 5.89. The van der Waals surface area contributed by atoms with E-state index in [-0.39, 0.29) is 11.5 Å². The Morgan fingerprint density at radius 3 is 2.95 bits per heavy atom. The van der Waals surface area contributed by atoms with Crippen LogP contribution in [0.15, 0.2) is 24.3 Å². The summed E-state index contributed by atoms with van der Waals surface area (Å²) in [4.78, 5) is 20.4. The minimum atomic E-state index is -0.509. The number of halogens is 1. The number of hydrogen-bond acceptors (Lipinski definition) is 5. The minimum Gasteiger partial charge on any atom is -0.464 e. The fourth-order valence-corrected chi connectivity index (χ4v) is 2.19. The second-order valence-electron chi connectivity index (χ2n) is 4.43. The van der Waals surface area contributed by atoms with Crippen molar-refractivity contribution >= 4 is 5.97 Å². The maximum Gasteiger partial charge on any atom is 0.357 e. The van der Waals surface area contributed by atoms with Crippen LogP contribution in [-0.2, 0) is 17.8 Å². The zero-order chi connectivity index (χ0) is 14.1. The van der Waals surface area contributed by atoms with Gasteiger partial charge in [0.25, 0.3) is 0 Å². The largest absolute Gasteiger partial charge is 0.464 e. The molecule has 1 aliphatic heterocycles. The number of methoxy groups -OCH3 is 1. The van der Waals surface area contributed by atoms with Gasteiger partial charge in [0.05, 0.1) is 12.8 Å². The average Bonchev–Trinajstić information content (AvgIpc) is 2.93. The third-order valence-corrected chi connectivity index (χ3v) is 3.15. The number of esters is 1. The maximum atomic E-state index is 13.3. The van der Waals surface area contributed by atoms with Crippen LogP contribution < -0.4 is 5.32 Å². The first-order valence-electron chi connectivity index (χ1n) is 6.14. The van der Waals surface area contributed by atoms with Gasteiger partial charge in [-0.25, -0.2) is 19.2 Å². The number of hydrogen-bond donors (Lipinski definition) is 1. The Morgan fingerprint density at radius 1 is 1.35 bits per heavy atom. The molecular weight excluding hydrogens is 261 g/mol. The van der Waals surface area contributed by atoms with Crippen LogP contribution in [0.4, 0.5) is 4.39 Å². The van der Waals surface area contributed by atoms with Crippen molar-refractivity contribution in [3.05, 3.63) is 47.0 Å². The van der Waals surface area contributed by atoms with Crippen LogP contribution in [0.2, 0.25) is 0 Å². The number of carbonyl (C=O) groups excluding carboxylic acids is 1. The molecule has 20 heavy (non-hydrogen) atoms. The van der Waals surface area contributed by atoms with Crippen molar-refractivity contribution in [2.45, 2.75) is 13.1 Å². The molecule has 1 aromatic heterocycles. The molecule has 0 amide bonds. The summed E-state index contributed by atoms with van der Waals surface area (Å²) in [6.07, 6.45) is 0. The lowest BCUT2D eigenvalue weighted by Gasteiger charge is -2.08. The minimum absolute atomic E-state index is 0.238. The molecule has 2 aromatic rings. The van der Waals surface area contributed by atoms with E-state index in [2.05, 4.69) is 15.3 Å². The molecule has 0 aliphatic carbocycles. The van der Waals surface area contributed by atoms with E-state index in [1.165, 1.54) is 19.2 Å². The van der Waals surface area contributed by atoms with Crippen molar-refractivity contribution in [1.82, 2.24) is 15.3 Å². The van der Waals surface area contributed by atoms with Gasteiger partial charge in [-0.3, -0.25) is 0 Å². The van der Waals surface area contributed by atoms with Crippen LogP contribution in [0.3, 0.4) is 0 Å². The zero-order valence-electron chi connectivity index (χ0n) is 10.8. The monoisotopic (exact) mass is 273 g/mol. The molecule has 0 bridgehead atoms. The van der Waals surface area contributed by atoms with Gasteiger partial charge in [-0.15, -0.1) is 0 Å². The summed E-state index contributed by atoms with van der Waals surface area (Å²) in [7, 11) is 1.31. The van der Waals surface area contributed by atoms with Gasteiger partial charge < -0.3 is 10.1 Å². The van der Waals surface area contributed by atoms with Gasteiger partial charge in [0.1, 0.15) is 5.82 Å². The Labute approximate surface area is 114 Å². The number of rotatable bonds is 2. The summed E-state index contributed by atoms with van der Waals surface area (Å²) in [5.74, 6) is -0.554. The second kappa shape index (κ2) is 4.97. The molecule has 0 unspecified atom stereocenters. The molecule has 2 heterocycles. The van der Waals surface area contributed by atoms with E-state index in [4.69, 9.17) is 4.74 Å². The number of nitrogens with zero attached hydrogens (tertiary/aromatic N) is 2. The van der Waals surface area contributed by atoms with E-state index in [0.29, 0.717) is 24.5 Å². The van der Waals surface area contributed by atoms with E-state index in [1.54, 1.807) is 12.1 Å². The maximum absolute atomic E-state index is 13.3. The predicted molar refractivity (Wildman–Crippen MR) is 69.3 cm³/mol. The van der Waals surface area contributed by atoms with Gasteiger partial charge in [0, 0.05) is 24.2 Å². The topological polar surface area (TPSA) is 64.1 Å². The highest BCUT2D eigenvalue weighted by Gasteiger charge is 2.24. The van der Waals surface area contributed by atoms with Crippen LogP contribution in [0, 0.1) is 5.82 Å². The fraction of sp³-hybridized carbons (Fsp3) is 0.214. The SMILES string of the molecule is COC(=O)c1nc(-c2cccc(F)c2)nc2c1CNC2. The molecule has 102 valence electrons. The Bertz CT molecular complexity index is 688. The van der Waals surface area contributed by atoms with Crippen molar-refractivity contribution in [3.8, 4) is 11.4 Å². The van der Waals surface area contributed by atoms with Crippen molar-refractivity contribution in [3.63, 3.8) is 0 Å². The van der Waals surface area contributed by atoms with Gasteiger partial charge in [0.2, 0.25) is 0 Å². The zero-order valence-corrected chi connectivity index (χ0v) is 10.8. The predicted octanol–water partition coefficient (Wildman–Crippen LogP) is 1.67. The smallest absolute Gasteiger partial charge is 0.357 e. The van der Waals surface area contributed by atoms with Crippen molar-refractivity contribution < 1.29 is 13.9 Å². The van der Waals surface area contributed by atoms with Crippen LogP contribution in [0.5, 0.6) is 0 Å². The van der Waals surface area contributed by atoms with Crippen LogP contribution >= 0.6 is 0 Å². The van der Waals surface area contributed by atoms with Crippen LogP contribution in [-0.4, -0.2) is 23.0 Å². The van der Waals surface area contributed by atoms with E-state index >= 15 is 0 Å². The summed E-state index contributed by atoms with van der Waals surface area (Å²) in [5, 5.41) is 3.11. The van der Waals surface area contributed by atoms with Gasteiger partial charge in [0.15, 0.2) is 11.5 Å². The lowest BCUT2D eigenvalue weighted by Crippen LogP contribution is -2.11. The number of nitrogens with one attached hydrogen (secondary N) is 1. The summed E-state index contributed by atoms with van der Waals surface area (Å²) in [6.45, 7) is 1.09. The Balaban J connectivity index is 2.16. The normalized spacial score (nSPS) is 13.1. The molecule has 0 spiro atoms. The number of aromatic nitrogens is 2. The molecule has 3 rings (SSSR count). The molecule has 1 aliphatic rings. The third-order valence-electron chi connectivity index (χ3n) is 3.15. The first kappa shape index (κ1) is 12.7. The van der Waals surface area contributed by atoms with Gasteiger partial charge in [-0.1, -0.05) is 12.1 Å². The highest BCUT2D eigenvalue weighted by Crippen LogP contribution is 2.23. The van der Waals surface area contributed by atoms with Gasteiger partial charge in [-0.2, -0.15) is 0 Å². The van der Waals surface area contributed by atoms with Crippen molar-refractivity contribution in [2.75, 3.05) is 7.11 Å². The molecule has 0 saturated carbocycles. The Kier molecular flexibility index (Phi) is 3.15. The van der Waals surface area contributed by atoms with E-state index < -0.39 is 5.97 Å². The Hall–Kier alpha value is -2.34. The molecule has 0 saturated heterocycles. The highest BCUT2D eigenvalue weighted by atomic mass is 19.1. The summed E-state index contributed by atoms with van der Waals surface area (Å²) < 4.78 is 18.0. The number of ether oxygens (including phenoxy) is 1. The molecule has 1 N–H and O–H groups in total. The standard InChI is InChI=1S/C14H12FN3O2/c1-20-14(19)12-10-6-16-7-11(10)17-13(18-12)8-3-2-4-9(15)5-8/h2-5,16H,6-7H2,1H3. The van der Waals surface area contributed by atoms with Gasteiger partial charge >= 0.3 is 5.97 Å². The molecule has 6 heteroatoms. The summed E-state index contributed by atoms with van der Waals surface area (Å²) in [5.41, 5.74) is 2.27. The molecule has 0 fully saturated rings. The molecule has 0 radical (unpaired) electrons. The molecule has 5 nitrogen and oxygen atoms in total. The lowest BCUT2D eigenvalue weighted by molar-refractivity contribution is 0.0592. The molecular formula is C14H12FN3O2. The quantitative estimate of drug-likeness (QED) is 0.843. The second-order valence-corrected chi connectivity index (χ2v) is 4.43. The van der Waals surface area contributed by atoms with E-state index in [1.807, 2.05) is 0 Å². The van der Waals surface area contributed by atoms with Crippen molar-refractivity contribution in [1.29, 1.82) is 0 Å². The van der Waals surface area contributed by atoms with Crippen LogP contribution in [0.25, 0.3) is 11.4 Å². The number of fused-ring (bicyclic) bond motifs is 1. The third kappa shape index (κ3) is 2.14. The summed E-state index contributed by atoms with van der Waals surface area (Å²) in [6, 6.07) is 5.97. The van der Waals surface area contributed by atoms with E-state index in [9.17, 15) is 9.18 Å². The number of benzene rings is 1. The fourth-order valence-electron chi connectivity index (χ4n) is 2.19. The first-order valence-corrected chi connectivity index (χ1v) is 6.14. The summed E-state index contributed by atoms with van der Waals surface area (Å²) >= 11 is 0. The van der Waals surface area contributed by atoms with E-state index in [0.717, 1.165) is 11.3 Å². The lowest BCUT2D eigenvalue weighted by atomic mass is 10.1. The average molecular weight is 273 g/mol. The Morgan fingerprint density at radius 2 is 2.20 bits per heavy atom. The van der Waals surface area contributed by atoms with Crippen LogP contribution in [0.1, 0.15) is 21.7 Å².